The van der Waals surface area contributed by atoms with E-state index in [1.165, 1.54) is 19.1 Å². The Morgan fingerprint density at radius 1 is 0.588 bits per heavy atom. The number of rotatable bonds is 19. The largest absolute Gasteiger partial charge is 0.508 e. The highest BCUT2D eigenvalue weighted by Gasteiger charge is 2.34. The molecule has 2 aromatic rings. The minimum absolute atomic E-state index is 0.0472. The number of aliphatic carboxylic acids is 2. The maximum Gasteiger partial charge on any atom is 0.326 e. The van der Waals surface area contributed by atoms with E-state index in [4.69, 9.17) is 5.73 Å². The molecule has 0 radical (unpaired) electrons. The molecule has 6 unspecified atom stereocenters. The molecule has 5 amide bonds. The SMILES string of the molecule is CC(NC(=O)C(N)Cc1ccc(O)cc1)C(=O)NC(Cc1ccccc1)C(=O)NC(CC(=O)O)C(=O)NC(C(=O)NC(C(=O)O)C(C)C)C(C)C. The van der Waals surface area contributed by atoms with E-state index in [1.807, 2.05) is 0 Å². The number of carbonyl (C=O) groups is 7. The molecule has 0 saturated heterocycles. The lowest BCUT2D eigenvalue weighted by molar-refractivity contribution is -0.144. The molecule has 0 fully saturated rings. The van der Waals surface area contributed by atoms with Crippen LogP contribution in [0.1, 0.15) is 52.2 Å². The van der Waals surface area contributed by atoms with Gasteiger partial charge in [-0.3, -0.25) is 28.8 Å². The maximum atomic E-state index is 13.6. The van der Waals surface area contributed by atoms with Crippen molar-refractivity contribution in [3.8, 4) is 5.75 Å². The van der Waals surface area contributed by atoms with Crippen molar-refractivity contribution in [1.82, 2.24) is 26.6 Å². The highest BCUT2D eigenvalue weighted by molar-refractivity contribution is 5.97. The predicted molar refractivity (Wildman–Crippen MR) is 185 cm³/mol. The number of nitrogens with two attached hydrogens (primary N) is 1. The van der Waals surface area contributed by atoms with Gasteiger partial charge in [0.15, 0.2) is 0 Å². The summed E-state index contributed by atoms with van der Waals surface area (Å²) < 4.78 is 0. The van der Waals surface area contributed by atoms with Crippen molar-refractivity contribution < 1.29 is 48.9 Å². The normalized spacial score (nSPS) is 14.6. The second kappa shape index (κ2) is 19.6. The average molecular weight is 713 g/mol. The Hall–Kier alpha value is -5.51. The van der Waals surface area contributed by atoms with Gasteiger partial charge in [0.2, 0.25) is 29.5 Å². The minimum atomic E-state index is -1.70. The molecule has 278 valence electrons. The third kappa shape index (κ3) is 13.7. The van der Waals surface area contributed by atoms with Gasteiger partial charge in [-0.15, -0.1) is 0 Å². The summed E-state index contributed by atoms with van der Waals surface area (Å²) in [5.41, 5.74) is 7.31. The van der Waals surface area contributed by atoms with Gasteiger partial charge in [0.25, 0.3) is 0 Å². The lowest BCUT2D eigenvalue weighted by Gasteiger charge is -2.28. The van der Waals surface area contributed by atoms with E-state index in [-0.39, 0.29) is 18.6 Å². The molecule has 0 aliphatic rings. The van der Waals surface area contributed by atoms with E-state index in [1.54, 1.807) is 70.2 Å². The van der Waals surface area contributed by atoms with Crippen LogP contribution in [0.2, 0.25) is 0 Å². The van der Waals surface area contributed by atoms with Gasteiger partial charge < -0.3 is 47.6 Å². The Kier molecular flexibility index (Phi) is 16.0. The van der Waals surface area contributed by atoms with Crippen molar-refractivity contribution in [3.05, 3.63) is 65.7 Å². The smallest absolute Gasteiger partial charge is 0.326 e. The molecule has 2 rings (SSSR count). The number of phenolic OH excluding ortho intramolecular Hbond substituents is 1. The second-order valence-corrected chi connectivity index (χ2v) is 12.9. The van der Waals surface area contributed by atoms with Gasteiger partial charge in [-0.05, 0) is 48.4 Å². The van der Waals surface area contributed by atoms with Crippen LogP contribution in [-0.2, 0) is 46.4 Å². The number of hydrogen-bond donors (Lipinski definition) is 9. The summed E-state index contributed by atoms with van der Waals surface area (Å²) in [6.07, 6.45) is -0.849. The summed E-state index contributed by atoms with van der Waals surface area (Å²) in [6, 6.07) is 6.83. The number of amides is 5. The third-order valence-corrected chi connectivity index (χ3v) is 7.89. The van der Waals surface area contributed by atoms with Gasteiger partial charge >= 0.3 is 11.9 Å². The topological polar surface area (TPSA) is 266 Å². The number of hydrogen-bond acceptors (Lipinski definition) is 9. The van der Waals surface area contributed by atoms with Crippen molar-refractivity contribution >= 4 is 41.5 Å². The molecule has 0 heterocycles. The highest BCUT2D eigenvalue weighted by Crippen LogP contribution is 2.12. The van der Waals surface area contributed by atoms with Gasteiger partial charge in [-0.2, -0.15) is 0 Å². The quantitative estimate of drug-likeness (QED) is 0.0922. The number of carboxylic acids is 2. The Bertz CT molecular complexity index is 1530. The Labute approximate surface area is 295 Å². The van der Waals surface area contributed by atoms with E-state index in [2.05, 4.69) is 26.6 Å². The van der Waals surface area contributed by atoms with Crippen LogP contribution in [0.15, 0.2) is 54.6 Å². The van der Waals surface area contributed by atoms with Gasteiger partial charge in [0.1, 0.15) is 36.0 Å². The van der Waals surface area contributed by atoms with E-state index in [9.17, 15) is 48.9 Å². The second-order valence-electron chi connectivity index (χ2n) is 12.9. The van der Waals surface area contributed by atoms with Crippen LogP contribution >= 0.6 is 0 Å². The molecule has 0 aliphatic carbocycles. The van der Waals surface area contributed by atoms with E-state index in [0.717, 1.165) is 0 Å². The Morgan fingerprint density at radius 2 is 1.10 bits per heavy atom. The first-order valence-electron chi connectivity index (χ1n) is 16.4. The fourth-order valence-electron chi connectivity index (χ4n) is 4.92. The van der Waals surface area contributed by atoms with Crippen LogP contribution < -0.4 is 32.3 Å². The minimum Gasteiger partial charge on any atom is -0.508 e. The van der Waals surface area contributed by atoms with Crippen LogP contribution in [0.3, 0.4) is 0 Å². The molecule has 0 spiro atoms. The number of nitrogens with one attached hydrogen (secondary N) is 5. The molecule has 51 heavy (non-hydrogen) atoms. The van der Waals surface area contributed by atoms with E-state index < -0.39 is 96.0 Å². The van der Waals surface area contributed by atoms with Crippen molar-refractivity contribution in [2.75, 3.05) is 0 Å². The molecule has 6 atom stereocenters. The first-order valence-corrected chi connectivity index (χ1v) is 16.4. The lowest BCUT2D eigenvalue weighted by Crippen LogP contribution is -2.60. The Morgan fingerprint density at radius 3 is 1.63 bits per heavy atom. The van der Waals surface area contributed by atoms with Gasteiger partial charge in [0, 0.05) is 6.42 Å². The summed E-state index contributed by atoms with van der Waals surface area (Å²) in [5, 5.41) is 40.7. The van der Waals surface area contributed by atoms with Crippen molar-refractivity contribution in [1.29, 1.82) is 0 Å². The molecule has 0 bridgehead atoms. The van der Waals surface area contributed by atoms with Crippen LogP contribution in [0.4, 0.5) is 0 Å². The highest BCUT2D eigenvalue weighted by atomic mass is 16.4. The van der Waals surface area contributed by atoms with E-state index in [0.29, 0.717) is 11.1 Å². The zero-order chi connectivity index (χ0) is 38.4. The first-order chi connectivity index (χ1) is 23.9. The summed E-state index contributed by atoms with van der Waals surface area (Å²) in [4.78, 5) is 89.5. The predicted octanol–water partition coefficient (Wildman–Crippen LogP) is -0.180. The molecule has 0 saturated carbocycles. The molecular formula is C35H48N6O10. The summed E-state index contributed by atoms with van der Waals surface area (Å²) in [5.74, 6) is -7.91. The number of phenols is 1. The van der Waals surface area contributed by atoms with Crippen LogP contribution in [0, 0.1) is 11.8 Å². The monoisotopic (exact) mass is 712 g/mol. The standard InChI is InChI=1S/C35H48N6O10/c1-18(2)28(34(49)41-29(19(3)4)35(50)51)40-33(48)26(17-27(43)44)39-32(47)25(16-21-9-7-6-8-10-21)38-30(45)20(5)37-31(46)24(36)15-22-11-13-23(42)14-12-22/h6-14,18-20,24-26,28-29,42H,15-17,36H2,1-5H3,(H,37,46)(H,38,45)(H,39,47)(H,40,48)(H,41,49)(H,43,44)(H,50,51). The number of aromatic hydroxyl groups is 1. The third-order valence-electron chi connectivity index (χ3n) is 7.89. The number of carboxylic acid groups (broad SMARTS) is 2. The van der Waals surface area contributed by atoms with E-state index >= 15 is 0 Å². The van der Waals surface area contributed by atoms with Crippen molar-refractivity contribution in [3.63, 3.8) is 0 Å². The molecular weight excluding hydrogens is 664 g/mol. The average Bonchev–Trinajstić information content (AvgIpc) is 3.05. The lowest BCUT2D eigenvalue weighted by atomic mass is 9.99. The number of carbonyl (C=O) groups excluding carboxylic acids is 5. The summed E-state index contributed by atoms with van der Waals surface area (Å²) in [7, 11) is 0. The van der Waals surface area contributed by atoms with Crippen molar-refractivity contribution in [2.24, 2.45) is 17.6 Å². The molecule has 0 aromatic heterocycles. The molecule has 0 aliphatic heterocycles. The summed E-state index contributed by atoms with van der Waals surface area (Å²) >= 11 is 0. The molecule has 16 nitrogen and oxygen atoms in total. The molecule has 16 heteroatoms. The van der Waals surface area contributed by atoms with Crippen LogP contribution in [0.25, 0.3) is 0 Å². The van der Waals surface area contributed by atoms with Gasteiger partial charge in [-0.1, -0.05) is 70.2 Å². The number of benzene rings is 2. The zero-order valence-corrected chi connectivity index (χ0v) is 29.2. The zero-order valence-electron chi connectivity index (χ0n) is 29.2. The van der Waals surface area contributed by atoms with Crippen LogP contribution in [-0.4, -0.2) is 93.0 Å². The van der Waals surface area contributed by atoms with Gasteiger partial charge in [0.05, 0.1) is 12.5 Å². The molecule has 2 aromatic carbocycles. The van der Waals surface area contributed by atoms with Gasteiger partial charge in [-0.25, -0.2) is 4.79 Å². The first kappa shape index (κ1) is 41.7. The molecule has 10 N–H and O–H groups in total. The van der Waals surface area contributed by atoms with Crippen LogP contribution in [0.5, 0.6) is 5.75 Å². The van der Waals surface area contributed by atoms with Crippen molar-refractivity contribution in [2.45, 2.75) is 90.1 Å². The summed E-state index contributed by atoms with van der Waals surface area (Å²) in [6.45, 7) is 7.74. The Balaban J connectivity index is 2.23. The fourth-order valence-corrected chi connectivity index (χ4v) is 4.92. The maximum absolute atomic E-state index is 13.6. The fraction of sp³-hybridized carbons (Fsp3) is 0.457.